The molecule has 1 saturated carbocycles. The van der Waals surface area contributed by atoms with Crippen LogP contribution in [0.4, 0.5) is 0 Å². The molecule has 1 heterocycles. The molecule has 0 amide bonds. The van der Waals surface area contributed by atoms with Crippen molar-refractivity contribution in [1.82, 2.24) is 0 Å². The number of ether oxygens (including phenoxy) is 1. The molecule has 2 bridgehead atoms. The highest BCUT2D eigenvalue weighted by atomic mass is 79.9. The van der Waals surface area contributed by atoms with E-state index in [2.05, 4.69) is 28.9 Å². The van der Waals surface area contributed by atoms with E-state index in [1.807, 2.05) is 0 Å². The third kappa shape index (κ3) is 3.42. The van der Waals surface area contributed by atoms with Crippen LogP contribution in [-0.2, 0) is 0 Å². The first-order valence-corrected chi connectivity index (χ1v) is 8.58. The summed E-state index contributed by atoms with van der Waals surface area (Å²) >= 11 is 3.42. The molecule has 1 fully saturated rings. The van der Waals surface area contributed by atoms with E-state index in [1.165, 1.54) is 32.1 Å². The fourth-order valence-electron chi connectivity index (χ4n) is 4.07. The first-order chi connectivity index (χ1) is 10.1. The monoisotopic (exact) mass is 352 g/mol. The Labute approximate surface area is 134 Å². The van der Waals surface area contributed by atoms with Gasteiger partial charge in [0.05, 0.1) is 12.7 Å². The summed E-state index contributed by atoms with van der Waals surface area (Å²) in [5.74, 6) is 1.51. The Morgan fingerprint density at radius 2 is 2.38 bits per heavy atom. The molecule has 3 nitrogen and oxygen atoms in total. The molecule has 0 spiro atoms. The predicted octanol–water partition coefficient (Wildman–Crippen LogP) is 4.27. The smallest absolute Gasteiger partial charge is 0.240 e. The number of fused-ring (bicyclic) bond motifs is 2. The van der Waals surface area contributed by atoms with Gasteiger partial charge >= 0.3 is 0 Å². The molecule has 3 rings (SSSR count). The summed E-state index contributed by atoms with van der Waals surface area (Å²) in [6, 6.07) is 1.79. The quantitative estimate of drug-likeness (QED) is 0.498. The van der Waals surface area contributed by atoms with E-state index >= 15 is 0 Å². The van der Waals surface area contributed by atoms with Gasteiger partial charge in [-0.1, -0.05) is 18.6 Å². The summed E-state index contributed by atoms with van der Waals surface area (Å²) in [5, 5.41) is 9.34. The number of hydrogen-bond donors (Lipinski definition) is 1. The second-order valence-electron chi connectivity index (χ2n) is 6.67. The molecule has 114 valence electrons. The molecule has 2 atom stereocenters. The highest BCUT2D eigenvalue weighted by Crippen LogP contribution is 2.50. The lowest BCUT2D eigenvalue weighted by atomic mass is 9.62. The number of hydrogen-bond acceptors (Lipinski definition) is 2. The van der Waals surface area contributed by atoms with Crippen LogP contribution < -0.4 is 9.47 Å². The van der Waals surface area contributed by atoms with Crippen molar-refractivity contribution in [2.45, 2.75) is 45.4 Å². The lowest BCUT2D eigenvalue weighted by Crippen LogP contribution is -2.32. The molecule has 21 heavy (non-hydrogen) atoms. The van der Waals surface area contributed by atoms with Crippen molar-refractivity contribution >= 4 is 15.9 Å². The average molecular weight is 353 g/mol. The molecule has 2 aliphatic rings. The maximum atomic E-state index is 9.34. The van der Waals surface area contributed by atoms with Gasteiger partial charge in [0.1, 0.15) is 10.2 Å². The molecule has 2 aliphatic carbocycles. The third-order valence-electron chi connectivity index (χ3n) is 4.83. The van der Waals surface area contributed by atoms with Gasteiger partial charge in [-0.25, -0.2) is 0 Å². The van der Waals surface area contributed by atoms with Crippen LogP contribution in [0.5, 0.6) is 5.75 Å². The zero-order chi connectivity index (χ0) is 14.9. The van der Waals surface area contributed by atoms with E-state index in [4.69, 9.17) is 4.74 Å². The summed E-state index contributed by atoms with van der Waals surface area (Å²) in [7, 11) is 0. The number of halogens is 1. The highest BCUT2D eigenvalue weighted by molar-refractivity contribution is 9.10. The van der Waals surface area contributed by atoms with Crippen molar-refractivity contribution in [3.05, 3.63) is 34.6 Å². The van der Waals surface area contributed by atoms with E-state index in [1.54, 1.807) is 24.0 Å². The first-order valence-electron chi connectivity index (χ1n) is 7.79. The number of pyridine rings is 1. The van der Waals surface area contributed by atoms with Crippen molar-refractivity contribution in [3.8, 4) is 5.75 Å². The van der Waals surface area contributed by atoms with Crippen LogP contribution in [0.1, 0.15) is 45.4 Å². The molecule has 0 radical (unpaired) electrons. The lowest BCUT2D eigenvalue weighted by molar-refractivity contribution is -0.905. The minimum absolute atomic E-state index is 0.458. The van der Waals surface area contributed by atoms with Crippen LogP contribution in [0.3, 0.4) is 0 Å². The molecule has 4 heteroatoms. The van der Waals surface area contributed by atoms with Crippen molar-refractivity contribution in [1.29, 1.82) is 0 Å². The molecule has 0 aliphatic heterocycles. The van der Waals surface area contributed by atoms with Crippen molar-refractivity contribution in [3.63, 3.8) is 0 Å². The molecule has 1 aromatic heterocycles. The summed E-state index contributed by atoms with van der Waals surface area (Å²) in [5.41, 5.74) is 2.13. The summed E-state index contributed by atoms with van der Waals surface area (Å²) < 4.78 is 7.73. The fraction of sp³-hybridized carbons (Fsp3) is 0.588. The van der Waals surface area contributed by atoms with Crippen molar-refractivity contribution in [2.75, 3.05) is 6.61 Å². The normalized spacial score (nSPS) is 28.1. The average Bonchev–Trinajstić information content (AvgIpc) is 2.40. The van der Waals surface area contributed by atoms with Gasteiger partial charge in [0.2, 0.25) is 12.4 Å². The minimum Gasteiger partial charge on any atom is -0.492 e. The molecule has 2 unspecified atom stereocenters. The van der Waals surface area contributed by atoms with Gasteiger partial charge in [0.25, 0.3) is 0 Å². The number of rotatable bonds is 4. The predicted molar refractivity (Wildman–Crippen MR) is 84.4 cm³/mol. The van der Waals surface area contributed by atoms with Crippen LogP contribution >= 0.6 is 15.9 Å². The molecule has 0 saturated heterocycles. The summed E-state index contributed by atoms with van der Waals surface area (Å²) in [4.78, 5) is 0. The standard InChI is InChI=1S/C17H23BrNO2/c1-13-9-14-3-2-5-17(10-13,11-14)6-8-21-16-4-7-19(20)12-15(16)18/h4,7,9,12-13,20H,2-3,5-6,8,10-11H2,1H3/q+1. The fourth-order valence-corrected chi connectivity index (χ4v) is 4.52. The van der Waals surface area contributed by atoms with Gasteiger partial charge in [-0.05, 0) is 65.8 Å². The van der Waals surface area contributed by atoms with Gasteiger partial charge in [-0.2, -0.15) is 0 Å². The Balaban J connectivity index is 1.61. The lowest BCUT2D eigenvalue weighted by Gasteiger charge is -2.43. The van der Waals surface area contributed by atoms with E-state index in [0.29, 0.717) is 11.3 Å². The Kier molecular flexibility index (Phi) is 4.25. The second-order valence-corrected chi connectivity index (χ2v) is 7.53. The van der Waals surface area contributed by atoms with Crippen molar-refractivity contribution in [2.24, 2.45) is 11.3 Å². The Bertz CT molecular complexity index is 558. The van der Waals surface area contributed by atoms with Crippen LogP contribution in [0.25, 0.3) is 0 Å². The maximum Gasteiger partial charge on any atom is 0.240 e. The van der Waals surface area contributed by atoms with Gasteiger partial charge in [-0.3, -0.25) is 5.21 Å². The Morgan fingerprint density at radius 1 is 1.52 bits per heavy atom. The van der Waals surface area contributed by atoms with Gasteiger partial charge in [0, 0.05) is 4.73 Å². The number of allylic oxidation sites excluding steroid dienone is 2. The first kappa shape index (κ1) is 14.9. The summed E-state index contributed by atoms with van der Waals surface area (Å²) in [6.45, 7) is 3.09. The van der Waals surface area contributed by atoms with E-state index in [0.717, 1.165) is 28.0 Å². The number of aromatic nitrogens is 1. The SMILES string of the molecule is CC1C=C2CCCC(CCOc3cc[n+](O)cc3Br)(C2)C1. The van der Waals surface area contributed by atoms with Crippen LogP contribution in [0.2, 0.25) is 0 Å². The van der Waals surface area contributed by atoms with Crippen LogP contribution in [0, 0.1) is 11.3 Å². The minimum atomic E-state index is 0.458. The topological polar surface area (TPSA) is 33.3 Å². The Hall–Kier alpha value is -1.03. The second kappa shape index (κ2) is 5.99. The van der Waals surface area contributed by atoms with Crippen LogP contribution in [-0.4, -0.2) is 11.8 Å². The molecule has 1 N–H and O–H groups in total. The third-order valence-corrected chi connectivity index (χ3v) is 5.43. The maximum absolute atomic E-state index is 9.34. The summed E-state index contributed by atoms with van der Waals surface area (Å²) in [6.07, 6.45) is 13.3. The molecule has 0 aromatic carbocycles. The van der Waals surface area contributed by atoms with E-state index in [9.17, 15) is 5.21 Å². The number of nitrogens with zero attached hydrogens (tertiary/aromatic N) is 1. The van der Waals surface area contributed by atoms with E-state index in [-0.39, 0.29) is 0 Å². The molecule has 1 aromatic rings. The Morgan fingerprint density at radius 3 is 3.19 bits per heavy atom. The van der Waals surface area contributed by atoms with Crippen molar-refractivity contribution < 1.29 is 14.7 Å². The molecular weight excluding hydrogens is 330 g/mol. The zero-order valence-electron chi connectivity index (χ0n) is 12.5. The molecular formula is C17H23BrNO2+. The van der Waals surface area contributed by atoms with Crippen LogP contribution in [0.15, 0.2) is 34.6 Å². The van der Waals surface area contributed by atoms with Gasteiger partial charge < -0.3 is 4.74 Å². The zero-order valence-corrected chi connectivity index (χ0v) is 14.1. The van der Waals surface area contributed by atoms with E-state index < -0.39 is 0 Å². The van der Waals surface area contributed by atoms with Gasteiger partial charge in [0.15, 0.2) is 0 Å². The highest BCUT2D eigenvalue weighted by Gasteiger charge is 2.37. The largest absolute Gasteiger partial charge is 0.492 e. The van der Waals surface area contributed by atoms with Gasteiger partial charge in [-0.15, -0.1) is 0 Å².